The van der Waals surface area contributed by atoms with Crippen molar-refractivity contribution in [3.8, 4) is 0 Å². The van der Waals surface area contributed by atoms with Crippen molar-refractivity contribution in [3.63, 3.8) is 0 Å². The molecule has 0 fully saturated rings. The lowest BCUT2D eigenvalue weighted by molar-refractivity contribution is -0.148. The van der Waals surface area contributed by atoms with Gasteiger partial charge in [0.15, 0.2) is 6.61 Å². The molecule has 0 aliphatic carbocycles. The molecule has 1 aromatic heterocycles. The number of fused-ring (bicyclic) bond motifs is 1. The molecule has 8 heteroatoms. The molecule has 114 valence electrons. The monoisotopic (exact) mass is 305 g/mol. The quantitative estimate of drug-likeness (QED) is 0.867. The number of halogens is 1. The second kappa shape index (κ2) is 5.55. The van der Waals surface area contributed by atoms with E-state index in [1.165, 1.54) is 18.2 Å². The minimum atomic E-state index is -0.784. The number of hydrogen-bond donors (Lipinski definition) is 1. The molecule has 2 aromatic rings. The number of hydrogen-bond acceptors (Lipinski definition) is 6. The molecule has 1 atom stereocenters. The van der Waals surface area contributed by atoms with Gasteiger partial charge in [-0.1, -0.05) is 6.07 Å². The number of aromatic nitrogens is 2. The molecule has 1 aliphatic heterocycles. The standard InChI is InChI=1S/C14H12FN3O4/c1-7-17-18-13(22-7)6-21-14(20)10-5-12(19)16-11-4-8(15)2-3-9(10)11/h2-4,10H,5-6H2,1H3,(H,16,19). The highest BCUT2D eigenvalue weighted by molar-refractivity contribution is 5.99. The van der Waals surface area contributed by atoms with E-state index in [4.69, 9.17) is 9.15 Å². The molecule has 0 saturated heterocycles. The third-order valence-electron chi connectivity index (χ3n) is 3.24. The summed E-state index contributed by atoms with van der Waals surface area (Å²) in [6.07, 6.45) is -0.0552. The molecule has 0 spiro atoms. The molecule has 2 heterocycles. The maximum Gasteiger partial charge on any atom is 0.314 e. The summed E-state index contributed by atoms with van der Waals surface area (Å²) in [5.74, 6) is -1.70. The molecule has 7 nitrogen and oxygen atoms in total. The summed E-state index contributed by atoms with van der Waals surface area (Å²) in [4.78, 5) is 23.8. The summed E-state index contributed by atoms with van der Waals surface area (Å²) in [5, 5.41) is 9.87. The smallest absolute Gasteiger partial charge is 0.314 e. The van der Waals surface area contributed by atoms with E-state index in [0.717, 1.165) is 0 Å². The lowest BCUT2D eigenvalue weighted by Crippen LogP contribution is -2.28. The predicted octanol–water partition coefficient (Wildman–Crippen LogP) is 1.69. The maximum absolute atomic E-state index is 13.2. The first kappa shape index (κ1) is 14.2. The van der Waals surface area contributed by atoms with Crippen molar-refractivity contribution in [1.29, 1.82) is 0 Å². The van der Waals surface area contributed by atoms with Gasteiger partial charge in [-0.3, -0.25) is 9.59 Å². The van der Waals surface area contributed by atoms with Crippen molar-refractivity contribution in [1.82, 2.24) is 10.2 Å². The van der Waals surface area contributed by atoms with Gasteiger partial charge >= 0.3 is 5.97 Å². The van der Waals surface area contributed by atoms with Crippen molar-refractivity contribution in [2.75, 3.05) is 5.32 Å². The fraction of sp³-hybridized carbons (Fsp3) is 0.286. The molecule has 0 saturated carbocycles. The van der Waals surface area contributed by atoms with Gasteiger partial charge in [-0.2, -0.15) is 0 Å². The molecule has 1 unspecified atom stereocenters. The maximum atomic E-state index is 13.2. The highest BCUT2D eigenvalue weighted by atomic mass is 19.1. The zero-order valence-electron chi connectivity index (χ0n) is 11.6. The number of nitrogens with zero attached hydrogens (tertiary/aromatic N) is 2. The average molecular weight is 305 g/mol. The van der Waals surface area contributed by atoms with Crippen LogP contribution in [0.15, 0.2) is 22.6 Å². The van der Waals surface area contributed by atoms with E-state index >= 15 is 0 Å². The van der Waals surface area contributed by atoms with Gasteiger partial charge < -0.3 is 14.5 Å². The number of carbonyl (C=O) groups excluding carboxylic acids is 2. The van der Waals surface area contributed by atoms with Gasteiger partial charge in [0.25, 0.3) is 5.89 Å². The zero-order chi connectivity index (χ0) is 15.7. The van der Waals surface area contributed by atoms with Gasteiger partial charge in [0.2, 0.25) is 11.8 Å². The number of carbonyl (C=O) groups is 2. The van der Waals surface area contributed by atoms with Crippen LogP contribution in [0, 0.1) is 12.7 Å². The second-order valence-electron chi connectivity index (χ2n) is 4.86. The van der Waals surface area contributed by atoms with Crippen LogP contribution in [0.2, 0.25) is 0 Å². The molecule has 0 radical (unpaired) electrons. The zero-order valence-corrected chi connectivity index (χ0v) is 11.6. The predicted molar refractivity (Wildman–Crippen MR) is 71.2 cm³/mol. The number of esters is 1. The highest BCUT2D eigenvalue weighted by Gasteiger charge is 2.32. The number of ether oxygens (including phenoxy) is 1. The summed E-state index contributed by atoms with van der Waals surface area (Å²) >= 11 is 0. The van der Waals surface area contributed by atoms with Crippen LogP contribution in [0.4, 0.5) is 10.1 Å². The first-order valence-corrected chi connectivity index (χ1v) is 6.58. The molecule has 22 heavy (non-hydrogen) atoms. The fourth-order valence-electron chi connectivity index (χ4n) is 2.28. The Kier molecular flexibility index (Phi) is 3.58. The SMILES string of the molecule is Cc1nnc(COC(=O)C2CC(=O)Nc3cc(F)ccc32)o1. The molecule has 1 aliphatic rings. The number of anilines is 1. The van der Waals surface area contributed by atoms with Gasteiger partial charge in [-0.05, 0) is 17.7 Å². The normalized spacial score (nSPS) is 16.8. The Balaban J connectivity index is 1.76. The van der Waals surface area contributed by atoms with Crippen LogP contribution in [-0.2, 0) is 20.9 Å². The molecule has 0 bridgehead atoms. The Morgan fingerprint density at radius 2 is 2.32 bits per heavy atom. The summed E-state index contributed by atoms with van der Waals surface area (Å²) < 4.78 is 23.4. The second-order valence-corrected chi connectivity index (χ2v) is 4.86. The Bertz CT molecular complexity index is 743. The van der Waals surface area contributed by atoms with E-state index < -0.39 is 17.7 Å². The van der Waals surface area contributed by atoms with Crippen LogP contribution >= 0.6 is 0 Å². The number of nitrogens with one attached hydrogen (secondary N) is 1. The van der Waals surface area contributed by atoms with Crippen LogP contribution < -0.4 is 5.32 Å². The van der Waals surface area contributed by atoms with Crippen LogP contribution in [0.5, 0.6) is 0 Å². The van der Waals surface area contributed by atoms with E-state index in [9.17, 15) is 14.0 Å². The van der Waals surface area contributed by atoms with Crippen molar-refractivity contribution in [3.05, 3.63) is 41.4 Å². The van der Waals surface area contributed by atoms with Gasteiger partial charge in [0.05, 0.1) is 5.92 Å². The van der Waals surface area contributed by atoms with Gasteiger partial charge in [0, 0.05) is 19.0 Å². The van der Waals surface area contributed by atoms with Crippen LogP contribution in [0.3, 0.4) is 0 Å². The Morgan fingerprint density at radius 1 is 1.50 bits per heavy atom. The minimum Gasteiger partial charge on any atom is -0.455 e. The Hall–Kier alpha value is -2.77. The third kappa shape index (κ3) is 2.80. The molecule has 1 aromatic carbocycles. The molecular formula is C14H12FN3O4. The van der Waals surface area contributed by atoms with Gasteiger partial charge in [-0.15, -0.1) is 10.2 Å². The molecule has 1 amide bonds. The van der Waals surface area contributed by atoms with Crippen LogP contribution in [-0.4, -0.2) is 22.1 Å². The summed E-state index contributed by atoms with van der Waals surface area (Å²) in [5.41, 5.74) is 0.805. The van der Waals surface area contributed by atoms with E-state index in [0.29, 0.717) is 11.5 Å². The topological polar surface area (TPSA) is 94.3 Å². The third-order valence-corrected chi connectivity index (χ3v) is 3.24. The van der Waals surface area contributed by atoms with E-state index in [1.807, 2.05) is 0 Å². The van der Waals surface area contributed by atoms with Gasteiger partial charge in [0.1, 0.15) is 5.82 Å². The first-order chi connectivity index (χ1) is 10.5. The number of amides is 1. The number of rotatable bonds is 3. The van der Waals surface area contributed by atoms with E-state index in [1.54, 1.807) is 6.92 Å². The largest absolute Gasteiger partial charge is 0.455 e. The fourth-order valence-corrected chi connectivity index (χ4v) is 2.28. The molecule has 3 rings (SSSR count). The number of aryl methyl sites for hydroxylation is 1. The molecular weight excluding hydrogens is 293 g/mol. The summed E-state index contributed by atoms with van der Waals surface area (Å²) in [6, 6.07) is 3.87. The van der Waals surface area contributed by atoms with Crippen molar-refractivity contribution in [2.45, 2.75) is 25.9 Å². The lowest BCUT2D eigenvalue weighted by atomic mass is 9.90. The van der Waals surface area contributed by atoms with Crippen molar-refractivity contribution in [2.24, 2.45) is 0 Å². The Labute approximate surface area is 124 Å². The van der Waals surface area contributed by atoms with Gasteiger partial charge in [-0.25, -0.2) is 4.39 Å². The van der Waals surface area contributed by atoms with Crippen molar-refractivity contribution >= 4 is 17.6 Å². The van der Waals surface area contributed by atoms with Crippen molar-refractivity contribution < 1.29 is 23.1 Å². The molecule has 1 N–H and O–H groups in total. The Morgan fingerprint density at radius 3 is 3.05 bits per heavy atom. The van der Waals surface area contributed by atoms with Crippen LogP contribution in [0.1, 0.15) is 29.7 Å². The van der Waals surface area contributed by atoms with Crippen LogP contribution in [0.25, 0.3) is 0 Å². The first-order valence-electron chi connectivity index (χ1n) is 6.58. The number of benzene rings is 1. The van der Waals surface area contributed by atoms with E-state index in [2.05, 4.69) is 15.5 Å². The van der Waals surface area contributed by atoms with E-state index in [-0.39, 0.29) is 30.5 Å². The highest BCUT2D eigenvalue weighted by Crippen LogP contribution is 2.33. The lowest BCUT2D eigenvalue weighted by Gasteiger charge is -2.23. The average Bonchev–Trinajstić information content (AvgIpc) is 2.89. The summed E-state index contributed by atoms with van der Waals surface area (Å²) in [6.45, 7) is 1.45. The minimum absolute atomic E-state index is 0.0552. The summed E-state index contributed by atoms with van der Waals surface area (Å²) in [7, 11) is 0.